The number of rotatable bonds is 4. The minimum absolute atomic E-state index is 0.341. The maximum atomic E-state index is 11.0. The summed E-state index contributed by atoms with van der Waals surface area (Å²) in [4.78, 5) is 9.80. The zero-order valence-electron chi connectivity index (χ0n) is 7.90. The molecule has 0 aromatic heterocycles. The highest BCUT2D eigenvalue weighted by atomic mass is 16.6. The standard InChI is InChI=1S/C9H12N2O3/c1-2-10-6-7-3-4-9(12)8(5-7)11(13)14/h3-5,10,12H,2,6H2,1H3. The average Bonchev–Trinajstić information content (AvgIpc) is 2.16. The van der Waals surface area contributed by atoms with Gasteiger partial charge in [-0.2, -0.15) is 0 Å². The van der Waals surface area contributed by atoms with E-state index in [-0.39, 0.29) is 5.69 Å². The molecule has 0 bridgehead atoms. The summed E-state index contributed by atoms with van der Waals surface area (Å²) in [6, 6.07) is 4.22. The van der Waals surface area contributed by atoms with E-state index in [4.69, 9.17) is 0 Å². The first-order valence-corrected chi connectivity index (χ1v) is 4.41. The molecule has 0 fully saturated rings. The first-order valence-electron chi connectivity index (χ1n) is 4.41. The van der Waals surface area contributed by atoms with E-state index in [0.29, 0.717) is 6.54 Å². The van der Waals surface area contributed by atoms with E-state index in [2.05, 4.69) is 0 Å². The number of hydrogen-bond donors (Lipinski definition) is 1. The summed E-state index contributed by atoms with van der Waals surface area (Å²) in [7, 11) is 0. The lowest BCUT2D eigenvalue weighted by molar-refractivity contribution is -0.667. The van der Waals surface area contributed by atoms with Crippen LogP contribution in [0.1, 0.15) is 12.5 Å². The molecule has 5 nitrogen and oxygen atoms in total. The summed E-state index contributed by atoms with van der Waals surface area (Å²) < 4.78 is 0. The molecule has 0 aliphatic rings. The van der Waals surface area contributed by atoms with Gasteiger partial charge in [0.15, 0.2) is 0 Å². The lowest BCUT2D eigenvalue weighted by atomic mass is 10.2. The molecule has 1 aromatic rings. The minimum atomic E-state index is -0.641. The monoisotopic (exact) mass is 196 g/mol. The average molecular weight is 196 g/mol. The Hall–Kier alpha value is -1.62. The van der Waals surface area contributed by atoms with Gasteiger partial charge in [-0.15, -0.1) is 0 Å². The number of nitro groups is 1. The van der Waals surface area contributed by atoms with Gasteiger partial charge in [-0.25, -0.2) is 0 Å². The van der Waals surface area contributed by atoms with Crippen LogP contribution in [0.5, 0.6) is 5.75 Å². The molecule has 1 aromatic carbocycles. The van der Waals surface area contributed by atoms with Crippen molar-refractivity contribution >= 4 is 5.69 Å². The lowest BCUT2D eigenvalue weighted by Crippen LogP contribution is -2.81. The van der Waals surface area contributed by atoms with Crippen LogP contribution in [0, 0.1) is 10.1 Å². The van der Waals surface area contributed by atoms with Gasteiger partial charge < -0.3 is 10.4 Å². The maximum Gasteiger partial charge on any atom is 0.262 e. The minimum Gasteiger partial charge on any atom is -0.868 e. The molecule has 0 atom stereocenters. The van der Waals surface area contributed by atoms with E-state index >= 15 is 0 Å². The van der Waals surface area contributed by atoms with E-state index < -0.39 is 10.7 Å². The van der Waals surface area contributed by atoms with E-state index in [1.807, 2.05) is 12.2 Å². The smallest absolute Gasteiger partial charge is 0.262 e. The molecule has 0 saturated heterocycles. The second-order valence-electron chi connectivity index (χ2n) is 2.96. The zero-order valence-corrected chi connectivity index (χ0v) is 7.90. The van der Waals surface area contributed by atoms with Gasteiger partial charge in [0.1, 0.15) is 6.54 Å². The molecule has 0 aliphatic heterocycles. The van der Waals surface area contributed by atoms with Gasteiger partial charge in [0.25, 0.3) is 5.69 Å². The van der Waals surface area contributed by atoms with E-state index in [1.165, 1.54) is 12.1 Å². The van der Waals surface area contributed by atoms with Gasteiger partial charge in [0.05, 0.1) is 11.5 Å². The normalized spacial score (nSPS) is 10.1. The van der Waals surface area contributed by atoms with E-state index in [0.717, 1.165) is 12.1 Å². The van der Waals surface area contributed by atoms with Crippen molar-refractivity contribution in [3.63, 3.8) is 0 Å². The zero-order chi connectivity index (χ0) is 10.6. The van der Waals surface area contributed by atoms with Crippen molar-refractivity contribution in [1.82, 2.24) is 0 Å². The van der Waals surface area contributed by atoms with Gasteiger partial charge in [-0.05, 0) is 12.7 Å². The van der Waals surface area contributed by atoms with Crippen molar-refractivity contribution in [2.45, 2.75) is 13.5 Å². The Labute approximate surface area is 81.5 Å². The van der Waals surface area contributed by atoms with Gasteiger partial charge in [0, 0.05) is 11.6 Å². The Morgan fingerprint density at radius 2 is 2.21 bits per heavy atom. The SMILES string of the molecule is CC[NH2+]Cc1ccc([O-])c([N+](=O)[O-])c1. The Morgan fingerprint density at radius 3 is 2.79 bits per heavy atom. The van der Waals surface area contributed by atoms with Gasteiger partial charge in [0.2, 0.25) is 0 Å². The summed E-state index contributed by atoms with van der Waals surface area (Å²) in [5.41, 5.74) is 0.463. The van der Waals surface area contributed by atoms with Crippen LogP contribution in [0.2, 0.25) is 0 Å². The van der Waals surface area contributed by atoms with E-state index in [9.17, 15) is 15.2 Å². The molecule has 0 radical (unpaired) electrons. The van der Waals surface area contributed by atoms with Crippen molar-refractivity contribution < 1.29 is 15.3 Å². The van der Waals surface area contributed by atoms with Crippen molar-refractivity contribution in [3.05, 3.63) is 33.9 Å². The van der Waals surface area contributed by atoms with Crippen LogP contribution in [0.4, 0.5) is 5.69 Å². The largest absolute Gasteiger partial charge is 0.868 e. The van der Waals surface area contributed by atoms with Crippen LogP contribution >= 0.6 is 0 Å². The molecule has 0 unspecified atom stereocenters. The van der Waals surface area contributed by atoms with Crippen LogP contribution in [-0.4, -0.2) is 11.5 Å². The third kappa shape index (κ3) is 2.43. The Kier molecular flexibility index (Phi) is 3.41. The fourth-order valence-electron chi connectivity index (χ4n) is 1.14. The summed E-state index contributed by atoms with van der Waals surface area (Å²) >= 11 is 0. The van der Waals surface area contributed by atoms with Gasteiger partial charge in [-0.3, -0.25) is 10.1 Å². The van der Waals surface area contributed by atoms with Crippen LogP contribution in [0.3, 0.4) is 0 Å². The first kappa shape index (κ1) is 10.5. The predicted molar refractivity (Wildman–Crippen MR) is 48.7 cm³/mol. The number of nitro benzene ring substituents is 1. The molecule has 1 rings (SSSR count). The fraction of sp³-hybridized carbons (Fsp3) is 0.333. The van der Waals surface area contributed by atoms with E-state index in [1.54, 1.807) is 6.07 Å². The molecule has 76 valence electrons. The Bertz CT molecular complexity index is 339. The number of nitrogens with two attached hydrogens (primary N) is 1. The molecular weight excluding hydrogens is 184 g/mol. The molecule has 0 amide bonds. The van der Waals surface area contributed by atoms with Crippen LogP contribution < -0.4 is 10.4 Å². The molecule has 0 spiro atoms. The first-order chi connectivity index (χ1) is 6.65. The summed E-state index contributed by atoms with van der Waals surface area (Å²) in [6.07, 6.45) is 0. The van der Waals surface area contributed by atoms with Crippen molar-refractivity contribution in [1.29, 1.82) is 0 Å². The van der Waals surface area contributed by atoms with Crippen molar-refractivity contribution in [2.24, 2.45) is 0 Å². The topological polar surface area (TPSA) is 82.8 Å². The van der Waals surface area contributed by atoms with Crippen molar-refractivity contribution in [2.75, 3.05) is 6.54 Å². The third-order valence-corrected chi connectivity index (χ3v) is 1.89. The van der Waals surface area contributed by atoms with Gasteiger partial charge in [-0.1, -0.05) is 12.1 Å². The fourth-order valence-corrected chi connectivity index (χ4v) is 1.14. The molecule has 2 N–H and O–H groups in total. The van der Waals surface area contributed by atoms with Crippen molar-refractivity contribution in [3.8, 4) is 5.75 Å². The molecular formula is C9H12N2O3. The second-order valence-corrected chi connectivity index (χ2v) is 2.96. The molecule has 0 aliphatic carbocycles. The number of benzene rings is 1. The maximum absolute atomic E-state index is 11.0. The second kappa shape index (κ2) is 4.57. The predicted octanol–water partition coefficient (Wildman–Crippen LogP) is -0.248. The number of quaternary nitrogens is 1. The molecule has 5 heteroatoms. The summed E-state index contributed by atoms with van der Waals surface area (Å²) in [5, 5.41) is 23.5. The quantitative estimate of drug-likeness (QED) is 0.532. The summed E-state index contributed by atoms with van der Waals surface area (Å²) in [5.74, 6) is -0.532. The highest BCUT2D eigenvalue weighted by Crippen LogP contribution is 2.23. The molecule has 14 heavy (non-hydrogen) atoms. The van der Waals surface area contributed by atoms with Gasteiger partial charge >= 0.3 is 0 Å². The Morgan fingerprint density at radius 1 is 1.50 bits per heavy atom. The van der Waals surface area contributed by atoms with Crippen LogP contribution in [-0.2, 0) is 6.54 Å². The van der Waals surface area contributed by atoms with Crippen LogP contribution in [0.15, 0.2) is 18.2 Å². The Balaban J connectivity index is 2.89. The molecule has 0 heterocycles. The lowest BCUT2D eigenvalue weighted by Gasteiger charge is -2.07. The van der Waals surface area contributed by atoms with Crippen LogP contribution in [0.25, 0.3) is 0 Å². The summed E-state index contributed by atoms with van der Waals surface area (Å²) in [6.45, 7) is 3.57. The highest BCUT2D eigenvalue weighted by molar-refractivity contribution is 5.46. The highest BCUT2D eigenvalue weighted by Gasteiger charge is 2.08. The number of nitrogens with zero attached hydrogens (tertiary/aromatic N) is 1. The number of hydrogen-bond acceptors (Lipinski definition) is 3. The molecule has 0 saturated carbocycles. The third-order valence-electron chi connectivity index (χ3n) is 1.89.